The second-order valence-electron chi connectivity index (χ2n) is 7.82. The van der Waals surface area contributed by atoms with Crippen LogP contribution >= 0.6 is 0 Å². The molecule has 2 aliphatic rings. The number of carbonyl (C=O) groups is 2. The Morgan fingerprint density at radius 1 is 1.28 bits per heavy atom. The maximum atomic E-state index is 12.3. The van der Waals surface area contributed by atoms with Crippen molar-refractivity contribution in [3.05, 3.63) is 11.6 Å². The third-order valence-electron chi connectivity index (χ3n) is 6.42. The second-order valence-corrected chi connectivity index (χ2v) is 7.82. The summed E-state index contributed by atoms with van der Waals surface area (Å²) in [7, 11) is 1.49. The number of carbonyl (C=O) groups excluding carboxylic acids is 1. The Hall–Kier alpha value is -1.36. The molecule has 1 N–H and O–H groups in total. The predicted molar refractivity (Wildman–Crippen MR) is 97.2 cm³/mol. The molecule has 1 unspecified atom stereocenters. The van der Waals surface area contributed by atoms with Gasteiger partial charge in [-0.05, 0) is 55.3 Å². The molecule has 0 aromatic carbocycles. The van der Waals surface area contributed by atoms with Crippen LogP contribution in [0.4, 0.5) is 0 Å². The van der Waals surface area contributed by atoms with Gasteiger partial charge in [0.1, 0.15) is 0 Å². The average molecular weight is 354 g/mol. The number of ether oxygens (including phenoxy) is 2. The monoisotopic (exact) mass is 354 g/mol. The van der Waals surface area contributed by atoms with E-state index in [-0.39, 0.29) is 11.4 Å². The summed E-state index contributed by atoms with van der Waals surface area (Å²) >= 11 is 0. The van der Waals surface area contributed by atoms with Gasteiger partial charge in [-0.3, -0.25) is 4.79 Å². The number of aliphatic carboxylic acids is 1. The minimum Gasteiger partial charge on any atom is -0.481 e. The summed E-state index contributed by atoms with van der Waals surface area (Å²) in [6.07, 6.45) is 6.49. The Morgan fingerprint density at radius 3 is 2.28 bits per heavy atom. The normalized spacial score (nSPS) is 29.8. The molecule has 2 rings (SSSR count). The van der Waals surface area contributed by atoms with Crippen molar-refractivity contribution >= 4 is 11.9 Å². The maximum absolute atomic E-state index is 12.3. The lowest BCUT2D eigenvalue weighted by Gasteiger charge is -2.39. The van der Waals surface area contributed by atoms with Crippen molar-refractivity contribution in [2.24, 2.45) is 22.7 Å². The fraction of sp³-hybridized carbons (Fsp3) is 0.800. The van der Waals surface area contributed by atoms with Gasteiger partial charge in [0.2, 0.25) is 0 Å². The molecule has 0 spiro atoms. The topological polar surface area (TPSA) is 72.8 Å². The summed E-state index contributed by atoms with van der Waals surface area (Å²) in [6.45, 7) is 11.6. The number of carboxylic acids is 1. The molecular weight excluding hydrogens is 320 g/mol. The van der Waals surface area contributed by atoms with Crippen LogP contribution in [0.3, 0.4) is 0 Å². The first-order chi connectivity index (χ1) is 11.6. The van der Waals surface area contributed by atoms with Gasteiger partial charge in [0.05, 0.1) is 13.7 Å². The van der Waals surface area contributed by atoms with Crippen molar-refractivity contribution in [2.45, 2.75) is 60.3 Å². The van der Waals surface area contributed by atoms with Gasteiger partial charge in [-0.25, -0.2) is 4.79 Å². The minimum absolute atomic E-state index is 0.152. The highest BCUT2D eigenvalue weighted by molar-refractivity contribution is 5.89. The number of carboxylic acid groups (broad SMARTS) is 1. The van der Waals surface area contributed by atoms with Crippen LogP contribution in [0.1, 0.15) is 60.3 Å². The zero-order chi connectivity index (χ0) is 19.3. The molecule has 2 bridgehead atoms. The van der Waals surface area contributed by atoms with E-state index in [9.17, 15) is 4.79 Å². The first-order valence-electron chi connectivity index (χ1n) is 9.17. The first-order valence-corrected chi connectivity index (χ1v) is 9.17. The van der Waals surface area contributed by atoms with Gasteiger partial charge in [-0.1, -0.05) is 26.8 Å². The number of hydrogen-bond acceptors (Lipinski definition) is 4. The van der Waals surface area contributed by atoms with Crippen LogP contribution in [0.25, 0.3) is 0 Å². The molecule has 0 saturated heterocycles. The Bertz CT molecular complexity index is 504. The van der Waals surface area contributed by atoms with E-state index in [1.807, 2.05) is 6.92 Å². The average Bonchev–Trinajstić information content (AvgIpc) is 2.87. The fourth-order valence-corrected chi connectivity index (χ4v) is 4.60. The quantitative estimate of drug-likeness (QED) is 0.442. The van der Waals surface area contributed by atoms with Crippen LogP contribution in [-0.2, 0) is 19.1 Å². The van der Waals surface area contributed by atoms with Crippen LogP contribution in [-0.4, -0.2) is 37.4 Å². The second kappa shape index (κ2) is 8.84. The van der Waals surface area contributed by atoms with Crippen molar-refractivity contribution < 1.29 is 24.2 Å². The summed E-state index contributed by atoms with van der Waals surface area (Å²) in [5.41, 5.74) is 1.41. The molecule has 0 aliphatic heterocycles. The van der Waals surface area contributed by atoms with Crippen molar-refractivity contribution in [3.63, 3.8) is 0 Å². The van der Waals surface area contributed by atoms with Gasteiger partial charge in [0.15, 0.2) is 0 Å². The molecule has 3 atom stereocenters. The Balaban J connectivity index is 0.000000705. The molecule has 2 fully saturated rings. The largest absolute Gasteiger partial charge is 0.481 e. The van der Waals surface area contributed by atoms with Crippen molar-refractivity contribution in [1.82, 2.24) is 0 Å². The SMILES string of the molecule is CC(=O)O.CCOCCC=C(C(=O)OC)C1C[C@H]2CC[C@@]1(C)C2(C)C. The van der Waals surface area contributed by atoms with E-state index in [0.717, 1.165) is 37.9 Å². The first kappa shape index (κ1) is 21.7. The van der Waals surface area contributed by atoms with Crippen LogP contribution in [0.2, 0.25) is 0 Å². The van der Waals surface area contributed by atoms with E-state index >= 15 is 0 Å². The molecule has 0 heterocycles. The molecule has 2 saturated carbocycles. The standard InChI is InChI=1S/C18H30O3.C2H4O2/c1-6-21-11-7-8-14(16(19)20-5)15-12-13-9-10-18(15,4)17(13,2)3;1-2(3)4/h8,13,15H,6-7,9-12H2,1-5H3;1H3,(H,3,4)/t13-,15?,18-;/m1./s1. The van der Waals surface area contributed by atoms with Crippen LogP contribution in [0, 0.1) is 22.7 Å². The summed E-state index contributed by atoms with van der Waals surface area (Å²) in [4.78, 5) is 21.3. The molecule has 0 radical (unpaired) electrons. The van der Waals surface area contributed by atoms with Crippen LogP contribution in [0.5, 0.6) is 0 Å². The lowest BCUT2D eigenvalue weighted by Crippen LogP contribution is -2.35. The van der Waals surface area contributed by atoms with E-state index in [1.54, 1.807) is 0 Å². The van der Waals surface area contributed by atoms with E-state index < -0.39 is 5.97 Å². The van der Waals surface area contributed by atoms with Crippen LogP contribution in [0.15, 0.2) is 11.6 Å². The van der Waals surface area contributed by atoms with Crippen LogP contribution < -0.4 is 0 Å². The van der Waals surface area contributed by atoms with E-state index in [4.69, 9.17) is 19.4 Å². The molecule has 25 heavy (non-hydrogen) atoms. The molecule has 0 amide bonds. The van der Waals surface area contributed by atoms with Gasteiger partial charge in [0.25, 0.3) is 5.97 Å². The third kappa shape index (κ3) is 4.63. The van der Waals surface area contributed by atoms with Gasteiger partial charge in [-0.2, -0.15) is 0 Å². The lowest BCUT2D eigenvalue weighted by atomic mass is 9.64. The van der Waals surface area contributed by atoms with Gasteiger partial charge in [-0.15, -0.1) is 0 Å². The molecule has 5 heteroatoms. The number of esters is 1. The van der Waals surface area contributed by atoms with E-state index in [0.29, 0.717) is 17.9 Å². The van der Waals surface area contributed by atoms with Crippen molar-refractivity contribution in [3.8, 4) is 0 Å². The summed E-state index contributed by atoms with van der Waals surface area (Å²) in [6, 6.07) is 0. The third-order valence-corrected chi connectivity index (χ3v) is 6.42. The highest BCUT2D eigenvalue weighted by Gasteiger charge is 2.62. The maximum Gasteiger partial charge on any atom is 0.333 e. The zero-order valence-electron chi connectivity index (χ0n) is 16.6. The number of hydrogen-bond donors (Lipinski definition) is 1. The number of fused-ring (bicyclic) bond motifs is 2. The number of rotatable bonds is 6. The Kier molecular flexibility index (Phi) is 7.66. The van der Waals surface area contributed by atoms with Crippen molar-refractivity contribution in [1.29, 1.82) is 0 Å². The molecular formula is C20H34O5. The van der Waals surface area contributed by atoms with Gasteiger partial charge < -0.3 is 14.6 Å². The molecule has 0 aromatic rings. The minimum atomic E-state index is -0.833. The number of methoxy groups -OCH3 is 1. The predicted octanol–water partition coefficient (Wildman–Crippen LogP) is 4.07. The zero-order valence-corrected chi connectivity index (χ0v) is 16.6. The van der Waals surface area contributed by atoms with Crippen molar-refractivity contribution in [2.75, 3.05) is 20.3 Å². The smallest absolute Gasteiger partial charge is 0.333 e. The highest BCUT2D eigenvalue weighted by Crippen LogP contribution is 2.69. The summed E-state index contributed by atoms with van der Waals surface area (Å²) in [5.74, 6) is 0.0776. The molecule has 2 aliphatic carbocycles. The van der Waals surface area contributed by atoms with E-state index in [2.05, 4.69) is 26.8 Å². The fourth-order valence-electron chi connectivity index (χ4n) is 4.60. The molecule has 144 valence electrons. The van der Waals surface area contributed by atoms with Gasteiger partial charge in [0, 0.05) is 19.1 Å². The molecule has 0 aromatic heterocycles. The summed E-state index contributed by atoms with van der Waals surface area (Å²) in [5, 5.41) is 7.42. The molecule has 5 nitrogen and oxygen atoms in total. The highest BCUT2D eigenvalue weighted by atomic mass is 16.5. The van der Waals surface area contributed by atoms with E-state index in [1.165, 1.54) is 20.0 Å². The Labute approximate surface area is 151 Å². The lowest BCUT2D eigenvalue weighted by molar-refractivity contribution is -0.137. The summed E-state index contributed by atoms with van der Waals surface area (Å²) < 4.78 is 10.4. The Morgan fingerprint density at radius 2 is 1.88 bits per heavy atom. The van der Waals surface area contributed by atoms with Gasteiger partial charge >= 0.3 is 5.97 Å².